The molecule has 52 heavy (non-hydrogen) atoms. The maximum absolute atomic E-state index is 12.7. The third-order valence-corrected chi connectivity index (χ3v) is 10.8. The van der Waals surface area contributed by atoms with Crippen molar-refractivity contribution in [1.82, 2.24) is 4.90 Å². The second-order valence-electron chi connectivity index (χ2n) is 14.2. The molecule has 0 N–H and O–H groups in total. The summed E-state index contributed by atoms with van der Waals surface area (Å²) in [6, 6.07) is -0.452. The third-order valence-electron chi connectivity index (χ3n) is 9.81. The number of hydrogen-bond donors (Lipinski definition) is 0. The Morgan fingerprint density at radius 3 is 1.48 bits per heavy atom. The molecule has 0 saturated carbocycles. The number of rotatable bonds is 31. The van der Waals surface area contributed by atoms with E-state index in [1.165, 1.54) is 39.2 Å². The van der Waals surface area contributed by atoms with Gasteiger partial charge in [-0.25, -0.2) is 21.6 Å². The van der Waals surface area contributed by atoms with E-state index in [0.29, 0.717) is 38.1 Å². The zero-order chi connectivity index (χ0) is 37.3. The van der Waals surface area contributed by atoms with E-state index in [-0.39, 0.29) is 83.8 Å². The Balaban J connectivity index is 0. The number of carbonyl (C=O) groups is 2. The van der Waals surface area contributed by atoms with Crippen LogP contribution in [-0.4, -0.2) is 74.6 Å². The summed E-state index contributed by atoms with van der Waals surface area (Å²) in [5.74, 6) is 0.341. The fraction of sp³-hybridized carbons (Fsp3) is 0.944. The SMILES string of the molecule is CCCCCC[C@H](C)CCCCCC[C@H](OS(=O)(=O)[O-])[C@@H](CCCCCCCCCCCCC(=O)N1CCCC[C@@H]1C(=O)OC)OS(=O)(=O)[O-].[Na+].[Na+]. The largest absolute Gasteiger partial charge is 1.00 e. The number of amides is 1. The van der Waals surface area contributed by atoms with E-state index in [1.807, 2.05) is 0 Å². The van der Waals surface area contributed by atoms with E-state index >= 15 is 0 Å². The average Bonchev–Trinajstić information content (AvgIpc) is 3.06. The van der Waals surface area contributed by atoms with Crippen LogP contribution in [0.15, 0.2) is 0 Å². The van der Waals surface area contributed by atoms with E-state index in [2.05, 4.69) is 13.8 Å². The van der Waals surface area contributed by atoms with Crippen molar-refractivity contribution in [3.05, 3.63) is 0 Å². The van der Waals surface area contributed by atoms with Crippen LogP contribution in [0.25, 0.3) is 0 Å². The summed E-state index contributed by atoms with van der Waals surface area (Å²) in [7, 11) is -8.90. The predicted molar refractivity (Wildman–Crippen MR) is 192 cm³/mol. The fourth-order valence-electron chi connectivity index (χ4n) is 6.94. The van der Waals surface area contributed by atoms with E-state index in [0.717, 1.165) is 96.3 Å². The molecule has 1 heterocycles. The van der Waals surface area contributed by atoms with Gasteiger partial charge in [0.1, 0.15) is 18.2 Å². The van der Waals surface area contributed by atoms with Crippen LogP contribution < -0.4 is 59.1 Å². The van der Waals surface area contributed by atoms with Gasteiger partial charge in [-0.15, -0.1) is 0 Å². The van der Waals surface area contributed by atoms with E-state index < -0.39 is 39.0 Å². The average molecular weight is 800 g/mol. The van der Waals surface area contributed by atoms with Crippen LogP contribution in [0.1, 0.15) is 181 Å². The van der Waals surface area contributed by atoms with Crippen molar-refractivity contribution in [2.45, 2.75) is 199 Å². The van der Waals surface area contributed by atoms with Crippen molar-refractivity contribution in [1.29, 1.82) is 0 Å². The molecule has 0 aromatic carbocycles. The molecular formula is C36H67NNa2O11S2. The van der Waals surface area contributed by atoms with Gasteiger partial charge in [0.25, 0.3) is 0 Å². The predicted octanol–water partition coefficient (Wildman–Crippen LogP) is 1.87. The van der Waals surface area contributed by atoms with Crippen LogP contribution in [0.2, 0.25) is 0 Å². The maximum atomic E-state index is 12.7. The number of unbranched alkanes of at least 4 members (excludes halogenated alkanes) is 15. The number of hydrogen-bond acceptors (Lipinski definition) is 11. The molecule has 0 unspecified atom stereocenters. The molecule has 0 spiro atoms. The molecule has 1 aliphatic rings. The van der Waals surface area contributed by atoms with E-state index in [9.17, 15) is 35.5 Å². The van der Waals surface area contributed by atoms with Gasteiger partial charge in [-0.2, -0.15) is 0 Å². The number of likely N-dealkylation sites (tertiary alicyclic amines) is 1. The molecule has 16 heteroatoms. The first-order chi connectivity index (χ1) is 23.8. The number of carbonyl (C=O) groups excluding carboxylic acids is 2. The summed E-state index contributed by atoms with van der Waals surface area (Å²) in [5.41, 5.74) is 0. The van der Waals surface area contributed by atoms with Gasteiger partial charge in [0.05, 0.1) is 7.11 Å². The van der Waals surface area contributed by atoms with Crippen LogP contribution in [0.3, 0.4) is 0 Å². The zero-order valence-corrected chi connectivity index (χ0v) is 38.8. The summed E-state index contributed by atoms with van der Waals surface area (Å²) >= 11 is 0. The summed E-state index contributed by atoms with van der Waals surface area (Å²) in [6.07, 6.45) is 20.1. The minimum absolute atomic E-state index is 0. The molecule has 12 nitrogen and oxygen atoms in total. The van der Waals surface area contributed by atoms with Crippen LogP contribution in [0, 0.1) is 5.92 Å². The third kappa shape index (κ3) is 29.0. The van der Waals surface area contributed by atoms with Crippen molar-refractivity contribution in [3.63, 3.8) is 0 Å². The molecule has 4 atom stereocenters. The Labute approximate surface area is 360 Å². The normalized spacial score (nSPS) is 16.7. The first-order valence-corrected chi connectivity index (χ1v) is 22.1. The van der Waals surface area contributed by atoms with Gasteiger partial charge >= 0.3 is 65.1 Å². The van der Waals surface area contributed by atoms with Crippen LogP contribution in [0.5, 0.6) is 0 Å². The Morgan fingerprint density at radius 2 is 1.06 bits per heavy atom. The standard InChI is InChI=1S/C36H69NO11S2.2Na/c1-4-5-6-17-24-31(2)25-18-15-16-20-28-34(48-50(43,44)45)33(47-49(40,41)42)27-19-13-11-9-7-8-10-12-14-21-29-35(38)37-30-23-22-26-32(37)36(39)46-3;;/h31-34H,4-30H2,1-3H3,(H,40,41,42)(H,43,44,45);;/q;2*+1/p-2/t31-,32+,33+,34-;;/m0../s1. The summed E-state index contributed by atoms with van der Waals surface area (Å²) in [5, 5.41) is 0. The monoisotopic (exact) mass is 799 g/mol. The molecule has 0 bridgehead atoms. The Morgan fingerprint density at radius 1 is 0.654 bits per heavy atom. The van der Waals surface area contributed by atoms with E-state index in [1.54, 1.807) is 4.90 Å². The summed E-state index contributed by atoms with van der Waals surface area (Å²) < 4.78 is 83.1. The quantitative estimate of drug-likeness (QED) is 0.0329. The Hall–Kier alpha value is 0.680. The zero-order valence-electron chi connectivity index (χ0n) is 33.2. The molecule has 0 aliphatic carbocycles. The number of methoxy groups -OCH3 is 1. The summed E-state index contributed by atoms with van der Waals surface area (Å²) in [4.78, 5) is 26.3. The van der Waals surface area contributed by atoms with Crippen LogP contribution >= 0.6 is 0 Å². The van der Waals surface area contributed by atoms with Crippen molar-refractivity contribution >= 4 is 32.7 Å². The van der Waals surface area contributed by atoms with Gasteiger partial charge in [-0.3, -0.25) is 13.2 Å². The Bertz CT molecular complexity index is 1130. The summed E-state index contributed by atoms with van der Waals surface area (Å²) in [6.45, 7) is 5.07. The topological polar surface area (TPSA) is 179 Å². The maximum Gasteiger partial charge on any atom is 1.00 e. The first-order valence-electron chi connectivity index (χ1n) is 19.4. The van der Waals surface area contributed by atoms with Crippen LogP contribution in [-0.2, 0) is 43.5 Å². The van der Waals surface area contributed by atoms with Crippen LogP contribution in [0.4, 0.5) is 0 Å². The molecule has 1 rings (SSSR count). The minimum atomic E-state index is -5.13. The molecule has 1 amide bonds. The number of esters is 1. The minimum Gasteiger partial charge on any atom is -0.726 e. The smallest absolute Gasteiger partial charge is 0.726 e. The van der Waals surface area contributed by atoms with Crippen molar-refractivity contribution in [3.8, 4) is 0 Å². The van der Waals surface area contributed by atoms with Crippen molar-refractivity contribution < 1.29 is 108 Å². The van der Waals surface area contributed by atoms with Gasteiger partial charge in [0.15, 0.2) is 0 Å². The second kappa shape index (κ2) is 32.7. The molecule has 1 saturated heterocycles. The Kier molecular flexibility index (Phi) is 34.5. The molecule has 0 radical (unpaired) electrons. The van der Waals surface area contributed by atoms with E-state index in [4.69, 9.17) is 13.1 Å². The fourth-order valence-corrected chi connectivity index (χ4v) is 7.99. The molecule has 0 aromatic heterocycles. The number of piperidine rings is 1. The number of nitrogens with zero attached hydrogens (tertiary/aromatic N) is 1. The number of ether oxygens (including phenoxy) is 1. The molecule has 1 aliphatic heterocycles. The molecular weight excluding hydrogens is 733 g/mol. The van der Waals surface area contributed by atoms with Crippen molar-refractivity contribution in [2.24, 2.45) is 5.92 Å². The molecule has 0 aromatic rings. The van der Waals surface area contributed by atoms with Gasteiger partial charge < -0.3 is 18.7 Å². The molecule has 1 fully saturated rings. The van der Waals surface area contributed by atoms with Crippen molar-refractivity contribution in [2.75, 3.05) is 13.7 Å². The first kappa shape index (κ1) is 54.8. The second-order valence-corrected chi connectivity index (χ2v) is 16.2. The van der Waals surface area contributed by atoms with Gasteiger partial charge in [-0.05, 0) is 44.4 Å². The van der Waals surface area contributed by atoms with Gasteiger partial charge in [0, 0.05) is 13.0 Å². The van der Waals surface area contributed by atoms with Gasteiger partial charge in [0.2, 0.25) is 26.7 Å². The van der Waals surface area contributed by atoms with Gasteiger partial charge in [-0.1, -0.05) is 136 Å². The molecule has 296 valence electrons.